The van der Waals surface area contributed by atoms with E-state index in [0.29, 0.717) is 0 Å². The SMILES string of the molecule is O=[P@@]([C]1[CH][CH][CH][CH]1)(c1ccccc1)c1cc2ccccc2c2ccccc12.O=[P@@]([C]1[CH][CH][CH][CH]1)(c1ccccc1)c1cc2ccccc2c2ccccc12.[Fe+2]. The van der Waals surface area contributed by atoms with Gasteiger partial charge in [-0.15, -0.1) is 0 Å². The van der Waals surface area contributed by atoms with Crippen LogP contribution < -0.4 is 21.2 Å². The maximum absolute atomic E-state index is 14.7. The maximum atomic E-state index is 14.7. The molecule has 0 saturated heterocycles. The standard InChI is InChI=1S/2C25H18OP.Fe/c2*26-27(21-13-5-6-14-21,20-11-2-1-3-12-20)25-18-19-10-4-7-15-22(19)23-16-8-9-17-24(23)25;/h2*1-18H;/q;;+2/t2*27-;/m11./s1. The predicted molar refractivity (Wildman–Crippen MR) is 230 cm³/mol. The van der Waals surface area contributed by atoms with Crippen LogP contribution in [0.5, 0.6) is 0 Å². The Morgan fingerprint density at radius 3 is 0.964 bits per heavy atom. The van der Waals surface area contributed by atoms with E-state index in [4.69, 9.17) is 0 Å². The Balaban J connectivity index is 0.000000153. The number of fused-ring (bicyclic) bond motifs is 6. The van der Waals surface area contributed by atoms with Gasteiger partial charge in [-0.1, -0.05) is 158 Å². The van der Waals surface area contributed by atoms with Crippen LogP contribution in [0.15, 0.2) is 170 Å². The number of rotatable bonds is 6. The Hall–Kier alpha value is -4.22. The second-order valence-electron chi connectivity index (χ2n) is 13.5. The van der Waals surface area contributed by atoms with Crippen molar-refractivity contribution in [3.05, 3.63) is 233 Å². The van der Waals surface area contributed by atoms with Gasteiger partial charge in [0.25, 0.3) is 0 Å². The molecule has 5 heteroatoms. The number of benzene rings is 8. The van der Waals surface area contributed by atoms with Crippen LogP contribution in [-0.2, 0) is 26.2 Å². The second kappa shape index (κ2) is 16.1. The van der Waals surface area contributed by atoms with Gasteiger partial charge >= 0.3 is 17.1 Å². The van der Waals surface area contributed by atoms with E-state index in [0.717, 1.165) is 64.9 Å². The molecule has 2 nitrogen and oxygen atoms in total. The molecule has 0 N–H and O–H groups in total. The van der Waals surface area contributed by atoms with Crippen molar-refractivity contribution in [1.82, 2.24) is 0 Å². The third kappa shape index (κ3) is 6.75. The van der Waals surface area contributed by atoms with Gasteiger partial charge in [0.15, 0.2) is 14.3 Å². The molecule has 2 aliphatic carbocycles. The summed E-state index contributed by atoms with van der Waals surface area (Å²) in [5, 5.41) is 12.6. The molecule has 0 aliphatic heterocycles. The van der Waals surface area contributed by atoms with E-state index >= 15 is 0 Å². The molecule has 2 fully saturated rings. The summed E-state index contributed by atoms with van der Waals surface area (Å²) in [6.07, 6.45) is 15.8. The molecule has 0 bridgehead atoms. The van der Waals surface area contributed by atoms with Crippen molar-refractivity contribution in [1.29, 1.82) is 0 Å². The van der Waals surface area contributed by atoms with E-state index in [2.05, 4.69) is 84.9 Å². The summed E-state index contributed by atoms with van der Waals surface area (Å²) in [5.41, 5.74) is 1.77. The van der Waals surface area contributed by atoms with Crippen molar-refractivity contribution < 1.29 is 26.2 Å². The summed E-state index contributed by atoms with van der Waals surface area (Å²) in [5.74, 6) is 0. The van der Waals surface area contributed by atoms with E-state index in [1.165, 1.54) is 10.8 Å². The maximum Gasteiger partial charge on any atom is 2.00 e. The fraction of sp³-hybridized carbons (Fsp3) is 0. The van der Waals surface area contributed by atoms with E-state index in [9.17, 15) is 9.13 Å². The average Bonchev–Trinajstić information content (AvgIpc) is 4.01. The number of hydrogen-bond acceptors (Lipinski definition) is 2. The average molecular weight is 787 g/mol. The molecule has 8 aromatic rings. The molecule has 2 saturated carbocycles. The summed E-state index contributed by atoms with van der Waals surface area (Å²) in [4.78, 5) is 0. The predicted octanol–water partition coefficient (Wildman–Crippen LogP) is 11.3. The van der Waals surface area contributed by atoms with Crippen LogP contribution in [0.4, 0.5) is 0 Å². The van der Waals surface area contributed by atoms with Gasteiger partial charge in [-0.05, 0) is 107 Å². The van der Waals surface area contributed by atoms with E-state index in [-0.39, 0.29) is 17.1 Å². The summed E-state index contributed by atoms with van der Waals surface area (Å²) in [6.45, 7) is 0. The zero-order valence-electron chi connectivity index (χ0n) is 29.8. The van der Waals surface area contributed by atoms with Crippen LogP contribution in [0.25, 0.3) is 43.1 Å². The summed E-state index contributed by atoms with van der Waals surface area (Å²) < 4.78 is 29.5. The van der Waals surface area contributed by atoms with Crippen molar-refractivity contribution in [3.8, 4) is 0 Å². The molecular formula is C50H36FeO2P2+2. The minimum absolute atomic E-state index is 0. The van der Waals surface area contributed by atoms with Crippen molar-refractivity contribution >= 4 is 78.6 Å². The quantitative estimate of drug-likeness (QED) is 0.0956. The van der Waals surface area contributed by atoms with E-state index in [1.54, 1.807) is 0 Å². The molecule has 0 unspecified atom stereocenters. The molecule has 0 amide bonds. The fourth-order valence-electron chi connectivity index (χ4n) is 7.87. The zero-order valence-corrected chi connectivity index (χ0v) is 32.7. The van der Waals surface area contributed by atoms with Gasteiger partial charge in [-0.25, -0.2) is 0 Å². The first-order valence-electron chi connectivity index (χ1n) is 18.1. The molecule has 2 atom stereocenters. The first-order chi connectivity index (χ1) is 26.6. The van der Waals surface area contributed by atoms with Crippen molar-refractivity contribution in [2.45, 2.75) is 0 Å². The summed E-state index contributed by atoms with van der Waals surface area (Å²) >= 11 is 0. The molecule has 10 rings (SSSR count). The van der Waals surface area contributed by atoms with Gasteiger partial charge in [0.2, 0.25) is 0 Å². The Bertz CT molecular complexity index is 2510. The van der Waals surface area contributed by atoms with Crippen LogP contribution in [0.3, 0.4) is 0 Å². The zero-order chi connectivity index (χ0) is 36.5. The van der Waals surface area contributed by atoms with Crippen molar-refractivity contribution in [2.24, 2.45) is 0 Å². The minimum atomic E-state index is -2.98. The molecule has 10 radical (unpaired) electrons. The van der Waals surface area contributed by atoms with E-state index in [1.807, 2.05) is 136 Å². The van der Waals surface area contributed by atoms with Gasteiger partial charge in [0, 0.05) is 21.2 Å². The third-order valence-corrected chi connectivity index (χ3v) is 16.6. The van der Waals surface area contributed by atoms with Gasteiger partial charge in [0.1, 0.15) is 0 Å². The van der Waals surface area contributed by atoms with Crippen molar-refractivity contribution in [3.63, 3.8) is 0 Å². The first-order valence-corrected chi connectivity index (χ1v) is 21.6. The smallest absolute Gasteiger partial charge is 0.313 e. The Morgan fingerprint density at radius 1 is 0.309 bits per heavy atom. The number of hydrogen-bond donors (Lipinski definition) is 0. The van der Waals surface area contributed by atoms with Gasteiger partial charge in [-0.2, -0.15) is 0 Å². The topological polar surface area (TPSA) is 34.1 Å². The van der Waals surface area contributed by atoms with Crippen molar-refractivity contribution in [2.75, 3.05) is 0 Å². The van der Waals surface area contributed by atoms with Crippen LogP contribution in [0, 0.1) is 62.7 Å². The molecule has 8 aromatic carbocycles. The molecular weight excluding hydrogens is 750 g/mol. The van der Waals surface area contributed by atoms with E-state index < -0.39 is 14.3 Å². The molecule has 0 heterocycles. The molecule has 0 spiro atoms. The van der Waals surface area contributed by atoms with Gasteiger partial charge < -0.3 is 9.13 Å². The van der Waals surface area contributed by atoms with Crippen LogP contribution in [0.2, 0.25) is 0 Å². The third-order valence-electron chi connectivity index (χ3n) is 10.4. The Labute approximate surface area is 335 Å². The van der Waals surface area contributed by atoms with Crippen LogP contribution in [-0.4, -0.2) is 0 Å². The second-order valence-corrected chi connectivity index (χ2v) is 19.0. The normalized spacial score (nSPS) is 17.0. The summed E-state index contributed by atoms with van der Waals surface area (Å²) in [6, 6.07) is 57.3. The monoisotopic (exact) mass is 786 g/mol. The van der Waals surface area contributed by atoms with Crippen LogP contribution >= 0.6 is 14.3 Å². The largest absolute Gasteiger partial charge is 2.00 e. The molecule has 2 aliphatic rings. The van der Waals surface area contributed by atoms with Crippen LogP contribution in [0.1, 0.15) is 0 Å². The molecule has 55 heavy (non-hydrogen) atoms. The van der Waals surface area contributed by atoms with Gasteiger partial charge in [-0.3, -0.25) is 0 Å². The molecule has 264 valence electrons. The van der Waals surface area contributed by atoms with Gasteiger partial charge in [0.05, 0.1) is 11.3 Å². The Morgan fingerprint density at radius 2 is 0.600 bits per heavy atom. The fourth-order valence-corrected chi connectivity index (χ4v) is 13.7. The summed E-state index contributed by atoms with van der Waals surface area (Å²) in [7, 11) is -5.96. The first kappa shape index (κ1) is 37.7. The minimum Gasteiger partial charge on any atom is -0.313 e. The Kier molecular flexibility index (Phi) is 11.0. The molecule has 0 aromatic heterocycles.